The van der Waals surface area contributed by atoms with E-state index in [1.54, 1.807) is 11.8 Å². The molecule has 0 saturated heterocycles. The van der Waals surface area contributed by atoms with Gasteiger partial charge in [-0.25, -0.2) is 0 Å². The number of nitrogens with one attached hydrogen (secondary N) is 2. The van der Waals surface area contributed by atoms with Crippen molar-refractivity contribution in [2.45, 2.75) is 50.5 Å². The van der Waals surface area contributed by atoms with Gasteiger partial charge < -0.3 is 10.6 Å². The van der Waals surface area contributed by atoms with Crippen LogP contribution in [0.4, 0.5) is 5.69 Å². The lowest BCUT2D eigenvalue weighted by atomic mass is 10.0. The maximum Gasteiger partial charge on any atom is 0.247 e. The van der Waals surface area contributed by atoms with Crippen LogP contribution in [-0.2, 0) is 9.59 Å². The van der Waals surface area contributed by atoms with Gasteiger partial charge in [-0.05, 0) is 67.3 Å². The van der Waals surface area contributed by atoms with E-state index in [-0.39, 0.29) is 17.7 Å². The van der Waals surface area contributed by atoms with Gasteiger partial charge in [0.1, 0.15) is 6.04 Å². The summed E-state index contributed by atoms with van der Waals surface area (Å²) in [6.07, 6.45) is 0. The number of anilines is 1. The van der Waals surface area contributed by atoms with Crippen molar-refractivity contribution in [3.8, 4) is 0 Å². The molecule has 0 aliphatic rings. The van der Waals surface area contributed by atoms with E-state index in [0.717, 1.165) is 10.6 Å². The third-order valence-electron chi connectivity index (χ3n) is 4.14. The minimum Gasteiger partial charge on any atom is -0.344 e. The molecular formula is C21H26N2O2S. The molecule has 0 radical (unpaired) electrons. The summed E-state index contributed by atoms with van der Waals surface area (Å²) in [6.45, 7) is 9.44. The zero-order valence-corrected chi connectivity index (χ0v) is 16.7. The topological polar surface area (TPSA) is 58.2 Å². The van der Waals surface area contributed by atoms with Gasteiger partial charge in [-0.2, -0.15) is 0 Å². The molecule has 26 heavy (non-hydrogen) atoms. The van der Waals surface area contributed by atoms with E-state index in [4.69, 9.17) is 0 Å². The van der Waals surface area contributed by atoms with Crippen molar-refractivity contribution in [2.24, 2.45) is 5.92 Å². The van der Waals surface area contributed by atoms with Gasteiger partial charge in [0.2, 0.25) is 11.8 Å². The van der Waals surface area contributed by atoms with E-state index in [1.165, 1.54) is 22.9 Å². The Kier molecular flexibility index (Phi) is 6.86. The molecule has 5 heteroatoms. The molecule has 1 atom stereocenters. The highest BCUT2D eigenvalue weighted by molar-refractivity contribution is 7.99. The van der Waals surface area contributed by atoms with E-state index in [0.29, 0.717) is 0 Å². The average Bonchev–Trinajstić information content (AvgIpc) is 2.57. The molecule has 0 aromatic heterocycles. The lowest BCUT2D eigenvalue weighted by molar-refractivity contribution is -0.126. The Hall–Kier alpha value is -2.27. The van der Waals surface area contributed by atoms with Crippen molar-refractivity contribution in [3.05, 3.63) is 53.6 Å². The molecular weight excluding hydrogens is 344 g/mol. The summed E-state index contributed by atoms with van der Waals surface area (Å²) < 4.78 is 0. The minimum absolute atomic E-state index is 0.0125. The molecule has 0 unspecified atom stereocenters. The predicted molar refractivity (Wildman–Crippen MR) is 108 cm³/mol. The number of carbonyl (C=O) groups excluding carboxylic acids is 2. The zero-order chi connectivity index (χ0) is 19.3. The van der Waals surface area contributed by atoms with Crippen LogP contribution in [0.25, 0.3) is 0 Å². The molecule has 0 aliphatic carbocycles. The number of benzene rings is 2. The van der Waals surface area contributed by atoms with Crippen LogP contribution in [0.2, 0.25) is 0 Å². The third-order valence-corrected chi connectivity index (χ3v) is 5.14. The van der Waals surface area contributed by atoms with E-state index < -0.39 is 6.04 Å². The van der Waals surface area contributed by atoms with E-state index in [9.17, 15) is 9.59 Å². The molecule has 4 nitrogen and oxygen atoms in total. The van der Waals surface area contributed by atoms with Gasteiger partial charge in [-0.3, -0.25) is 9.59 Å². The maximum absolute atomic E-state index is 12.4. The second kappa shape index (κ2) is 8.90. The molecule has 0 aliphatic heterocycles. The van der Waals surface area contributed by atoms with Crippen LogP contribution in [0.1, 0.15) is 31.9 Å². The Balaban J connectivity index is 2.03. The molecule has 138 valence electrons. The van der Waals surface area contributed by atoms with E-state index in [1.807, 2.05) is 38.1 Å². The van der Waals surface area contributed by atoms with Crippen molar-refractivity contribution in [1.29, 1.82) is 0 Å². The largest absolute Gasteiger partial charge is 0.344 e. The van der Waals surface area contributed by atoms with Gasteiger partial charge in [-0.15, -0.1) is 0 Å². The van der Waals surface area contributed by atoms with Gasteiger partial charge in [-0.1, -0.05) is 31.7 Å². The Bertz CT molecular complexity index is 785. The monoisotopic (exact) mass is 370 g/mol. The van der Waals surface area contributed by atoms with Gasteiger partial charge in [0.15, 0.2) is 0 Å². The number of carbonyl (C=O) groups is 2. The summed E-state index contributed by atoms with van der Waals surface area (Å²) in [5.41, 5.74) is 3.28. The number of hydrogen-bond acceptors (Lipinski definition) is 3. The molecule has 2 rings (SSSR count). The molecule has 0 heterocycles. The van der Waals surface area contributed by atoms with Gasteiger partial charge in [0.25, 0.3) is 0 Å². The summed E-state index contributed by atoms with van der Waals surface area (Å²) in [5.74, 6) is -0.401. The van der Waals surface area contributed by atoms with Crippen LogP contribution in [0.3, 0.4) is 0 Å². The first kappa shape index (κ1) is 20.0. The maximum atomic E-state index is 12.4. The van der Waals surface area contributed by atoms with E-state index >= 15 is 0 Å². The first-order valence-corrected chi connectivity index (χ1v) is 9.51. The van der Waals surface area contributed by atoms with Gasteiger partial charge >= 0.3 is 0 Å². The van der Waals surface area contributed by atoms with Gasteiger partial charge in [0.05, 0.1) is 0 Å². The fraction of sp³-hybridized carbons (Fsp3) is 0.333. The predicted octanol–water partition coefficient (Wildman–Crippen LogP) is 4.55. The smallest absolute Gasteiger partial charge is 0.247 e. The molecule has 0 saturated carbocycles. The number of aryl methyl sites for hydroxylation is 2. The lowest BCUT2D eigenvalue weighted by Crippen LogP contribution is -2.46. The van der Waals surface area contributed by atoms with Crippen molar-refractivity contribution >= 4 is 29.3 Å². The Labute approximate surface area is 159 Å². The fourth-order valence-corrected chi connectivity index (χ4v) is 3.41. The lowest BCUT2D eigenvalue weighted by Gasteiger charge is -2.21. The Morgan fingerprint density at radius 1 is 0.923 bits per heavy atom. The number of amides is 2. The van der Waals surface area contributed by atoms with Crippen molar-refractivity contribution in [2.75, 3.05) is 5.32 Å². The summed E-state index contributed by atoms with van der Waals surface area (Å²) >= 11 is 1.69. The Morgan fingerprint density at radius 2 is 1.54 bits per heavy atom. The second-order valence-electron chi connectivity index (χ2n) is 6.78. The standard InChI is InChI=1S/C21H26N2O2S/c1-13(2)20(22-16(5)24)21(25)23-17-7-10-18(11-8-17)26-19-9-6-14(3)15(4)12-19/h6-13,20H,1-5H3,(H,22,24)(H,23,25)/t20-/m1/s1. The van der Waals surface area contributed by atoms with Crippen LogP contribution in [0.5, 0.6) is 0 Å². The normalized spacial score (nSPS) is 11.9. The second-order valence-corrected chi connectivity index (χ2v) is 7.93. The summed E-state index contributed by atoms with van der Waals surface area (Å²) in [4.78, 5) is 26.0. The first-order valence-electron chi connectivity index (χ1n) is 8.69. The molecule has 0 spiro atoms. The highest BCUT2D eigenvalue weighted by Crippen LogP contribution is 2.29. The molecule has 2 amide bonds. The first-order chi connectivity index (χ1) is 12.3. The Morgan fingerprint density at radius 3 is 2.08 bits per heavy atom. The van der Waals surface area contributed by atoms with Crippen LogP contribution < -0.4 is 10.6 Å². The highest BCUT2D eigenvalue weighted by Gasteiger charge is 2.22. The van der Waals surface area contributed by atoms with E-state index in [2.05, 4.69) is 42.7 Å². The summed E-state index contributed by atoms with van der Waals surface area (Å²) in [5, 5.41) is 5.57. The summed E-state index contributed by atoms with van der Waals surface area (Å²) in [7, 11) is 0. The van der Waals surface area contributed by atoms with Crippen LogP contribution >= 0.6 is 11.8 Å². The average molecular weight is 371 g/mol. The van der Waals surface area contributed by atoms with Crippen LogP contribution in [0, 0.1) is 19.8 Å². The molecule has 0 bridgehead atoms. The van der Waals surface area contributed by atoms with Crippen molar-refractivity contribution < 1.29 is 9.59 Å². The molecule has 2 N–H and O–H groups in total. The number of rotatable bonds is 6. The van der Waals surface area contributed by atoms with Crippen LogP contribution in [-0.4, -0.2) is 17.9 Å². The zero-order valence-electron chi connectivity index (χ0n) is 15.9. The quantitative estimate of drug-likeness (QED) is 0.784. The van der Waals surface area contributed by atoms with Crippen molar-refractivity contribution in [1.82, 2.24) is 5.32 Å². The van der Waals surface area contributed by atoms with Crippen molar-refractivity contribution in [3.63, 3.8) is 0 Å². The fourth-order valence-electron chi connectivity index (χ4n) is 2.49. The van der Waals surface area contributed by atoms with Gasteiger partial charge in [0, 0.05) is 22.4 Å². The third kappa shape index (κ3) is 5.63. The summed E-state index contributed by atoms with van der Waals surface area (Å²) in [6, 6.07) is 13.6. The molecule has 0 fully saturated rings. The molecule has 2 aromatic rings. The van der Waals surface area contributed by atoms with Crippen LogP contribution in [0.15, 0.2) is 52.3 Å². The highest BCUT2D eigenvalue weighted by atomic mass is 32.2. The SMILES string of the molecule is CC(=O)N[C@@H](C(=O)Nc1ccc(Sc2ccc(C)c(C)c2)cc1)C(C)C. The minimum atomic E-state index is -0.544. The molecule has 2 aromatic carbocycles. The number of hydrogen-bond donors (Lipinski definition) is 2.